The van der Waals surface area contributed by atoms with Crippen molar-refractivity contribution in [2.24, 2.45) is 0 Å². The molecule has 1 aliphatic heterocycles. The molecule has 0 aromatic heterocycles. The molecule has 6 heteroatoms. The lowest BCUT2D eigenvalue weighted by molar-refractivity contribution is -0.137. The van der Waals surface area contributed by atoms with Gasteiger partial charge in [0, 0.05) is 0 Å². The van der Waals surface area contributed by atoms with Crippen LogP contribution in [-0.2, 0) is 16.1 Å². The number of methoxy groups -OCH3 is 2. The molecular weight excluding hydrogens is 374 g/mol. The minimum absolute atomic E-state index is 0.248. The van der Waals surface area contributed by atoms with Crippen molar-refractivity contribution in [3.8, 4) is 11.5 Å². The van der Waals surface area contributed by atoms with Crippen LogP contribution in [0.5, 0.6) is 11.5 Å². The van der Waals surface area contributed by atoms with Crippen LogP contribution < -0.4 is 9.47 Å². The van der Waals surface area contributed by atoms with Crippen LogP contribution in [0.25, 0.3) is 5.57 Å². The molecule has 2 aromatic carbocycles. The molecule has 0 aliphatic carbocycles. The highest BCUT2D eigenvalue weighted by Gasteiger charge is 2.39. The molecule has 0 atom stereocenters. The summed E-state index contributed by atoms with van der Waals surface area (Å²) in [5, 5.41) is 0. The van der Waals surface area contributed by atoms with Crippen LogP contribution in [0.3, 0.4) is 0 Å². The van der Waals surface area contributed by atoms with E-state index in [1.165, 1.54) is 16.7 Å². The van der Waals surface area contributed by atoms with Gasteiger partial charge in [-0.05, 0) is 35.9 Å². The van der Waals surface area contributed by atoms with E-state index in [1.807, 2.05) is 38.1 Å². The Morgan fingerprint density at radius 2 is 1.61 bits per heavy atom. The SMILES string of the molecule is CCSC1=C(c2ccc(OC)c(OC)c2)C(=O)N(Cc2ccc(C)cc2)C1=O. The fourth-order valence-corrected chi connectivity index (χ4v) is 3.97. The molecule has 0 N–H and O–H groups in total. The van der Waals surface area contributed by atoms with Gasteiger partial charge >= 0.3 is 0 Å². The number of imide groups is 1. The van der Waals surface area contributed by atoms with E-state index in [-0.39, 0.29) is 18.4 Å². The summed E-state index contributed by atoms with van der Waals surface area (Å²) < 4.78 is 10.6. The molecule has 146 valence electrons. The summed E-state index contributed by atoms with van der Waals surface area (Å²) in [6, 6.07) is 13.1. The monoisotopic (exact) mass is 397 g/mol. The molecule has 0 saturated carbocycles. The first-order valence-electron chi connectivity index (χ1n) is 9.01. The third-order valence-corrected chi connectivity index (χ3v) is 5.50. The molecule has 2 amide bonds. The first-order valence-corrected chi connectivity index (χ1v) is 9.99. The molecule has 1 heterocycles. The molecule has 0 bridgehead atoms. The van der Waals surface area contributed by atoms with Crippen molar-refractivity contribution >= 4 is 29.1 Å². The summed E-state index contributed by atoms with van der Waals surface area (Å²) in [5.74, 6) is 1.26. The molecule has 1 aliphatic rings. The average molecular weight is 397 g/mol. The van der Waals surface area contributed by atoms with Gasteiger partial charge in [-0.2, -0.15) is 0 Å². The Labute approximate surface area is 169 Å². The lowest BCUT2D eigenvalue weighted by atomic mass is 10.1. The summed E-state index contributed by atoms with van der Waals surface area (Å²) in [7, 11) is 3.10. The molecule has 5 nitrogen and oxygen atoms in total. The number of benzene rings is 2. The van der Waals surface area contributed by atoms with Gasteiger partial charge in [-0.25, -0.2) is 0 Å². The number of nitrogens with zero attached hydrogens (tertiary/aromatic N) is 1. The molecule has 0 saturated heterocycles. The summed E-state index contributed by atoms with van der Waals surface area (Å²) in [5.41, 5.74) is 3.12. The van der Waals surface area contributed by atoms with Gasteiger partial charge in [0.2, 0.25) is 0 Å². The first-order chi connectivity index (χ1) is 13.5. The Bertz CT molecular complexity index is 934. The van der Waals surface area contributed by atoms with E-state index in [4.69, 9.17) is 9.47 Å². The van der Waals surface area contributed by atoms with Crippen molar-refractivity contribution in [3.05, 3.63) is 64.1 Å². The number of hydrogen-bond acceptors (Lipinski definition) is 5. The maximum absolute atomic E-state index is 13.2. The van der Waals surface area contributed by atoms with Crippen LogP contribution in [0.15, 0.2) is 47.4 Å². The highest BCUT2D eigenvalue weighted by molar-refractivity contribution is 8.04. The van der Waals surface area contributed by atoms with Crippen LogP contribution in [0.2, 0.25) is 0 Å². The van der Waals surface area contributed by atoms with Crippen LogP contribution in [0.1, 0.15) is 23.6 Å². The molecule has 0 fully saturated rings. The second-order valence-electron chi connectivity index (χ2n) is 6.39. The van der Waals surface area contributed by atoms with E-state index in [2.05, 4.69) is 0 Å². The number of aryl methyl sites for hydroxylation is 1. The van der Waals surface area contributed by atoms with Gasteiger partial charge in [0.15, 0.2) is 11.5 Å². The summed E-state index contributed by atoms with van der Waals surface area (Å²) in [6.45, 7) is 4.22. The molecule has 0 radical (unpaired) electrons. The lowest BCUT2D eigenvalue weighted by Crippen LogP contribution is -2.30. The number of amides is 2. The third kappa shape index (κ3) is 3.78. The molecule has 28 heavy (non-hydrogen) atoms. The second kappa shape index (κ2) is 8.52. The van der Waals surface area contributed by atoms with Crippen molar-refractivity contribution in [3.63, 3.8) is 0 Å². The average Bonchev–Trinajstić information content (AvgIpc) is 2.93. The maximum atomic E-state index is 13.2. The fraction of sp³-hybridized carbons (Fsp3) is 0.273. The van der Waals surface area contributed by atoms with Crippen LogP contribution in [0.4, 0.5) is 0 Å². The maximum Gasteiger partial charge on any atom is 0.268 e. The Morgan fingerprint density at radius 1 is 0.929 bits per heavy atom. The predicted molar refractivity (Wildman–Crippen MR) is 111 cm³/mol. The van der Waals surface area contributed by atoms with Crippen LogP contribution in [0, 0.1) is 6.92 Å². The van der Waals surface area contributed by atoms with Gasteiger partial charge in [0.05, 0.1) is 31.2 Å². The van der Waals surface area contributed by atoms with Gasteiger partial charge in [-0.3, -0.25) is 14.5 Å². The standard InChI is InChI=1S/C22H23NO4S/c1-5-28-20-19(16-10-11-17(26-3)18(12-16)27-4)21(24)23(22(20)25)13-15-8-6-14(2)7-9-15/h6-12H,5,13H2,1-4H3. The lowest BCUT2D eigenvalue weighted by Gasteiger charge is -2.15. The summed E-state index contributed by atoms with van der Waals surface area (Å²) in [6.07, 6.45) is 0. The number of hydrogen-bond donors (Lipinski definition) is 0. The van der Waals surface area contributed by atoms with Crippen molar-refractivity contribution in [2.45, 2.75) is 20.4 Å². The molecular formula is C22H23NO4S. The zero-order valence-corrected chi connectivity index (χ0v) is 17.3. The van der Waals surface area contributed by atoms with Gasteiger partial charge in [-0.1, -0.05) is 42.8 Å². The molecule has 0 unspecified atom stereocenters. The molecule has 0 spiro atoms. The van der Waals surface area contributed by atoms with Crippen molar-refractivity contribution in [1.29, 1.82) is 0 Å². The van der Waals surface area contributed by atoms with Gasteiger partial charge in [0.1, 0.15) is 0 Å². The Kier molecular flexibility index (Phi) is 6.09. The zero-order chi connectivity index (χ0) is 20.3. The van der Waals surface area contributed by atoms with Crippen molar-refractivity contribution in [1.82, 2.24) is 4.90 Å². The van der Waals surface area contributed by atoms with E-state index in [1.54, 1.807) is 32.4 Å². The van der Waals surface area contributed by atoms with Gasteiger partial charge < -0.3 is 9.47 Å². The van der Waals surface area contributed by atoms with E-state index >= 15 is 0 Å². The minimum atomic E-state index is -0.284. The highest BCUT2D eigenvalue weighted by atomic mass is 32.2. The topological polar surface area (TPSA) is 55.8 Å². The second-order valence-corrected chi connectivity index (χ2v) is 7.66. The zero-order valence-electron chi connectivity index (χ0n) is 16.4. The van der Waals surface area contributed by atoms with Gasteiger partial charge in [0.25, 0.3) is 11.8 Å². The number of rotatable bonds is 7. The number of carbonyl (C=O) groups excluding carboxylic acids is 2. The van der Waals surface area contributed by atoms with E-state index in [0.29, 0.717) is 33.3 Å². The normalized spacial score (nSPS) is 14.1. The molecule has 2 aromatic rings. The number of ether oxygens (including phenoxy) is 2. The Hall–Kier alpha value is -2.73. The molecule has 3 rings (SSSR count). The largest absolute Gasteiger partial charge is 0.493 e. The first kappa shape index (κ1) is 20.0. The third-order valence-electron chi connectivity index (χ3n) is 4.55. The van der Waals surface area contributed by atoms with Crippen LogP contribution >= 0.6 is 11.8 Å². The number of carbonyl (C=O) groups is 2. The van der Waals surface area contributed by atoms with E-state index in [0.717, 1.165) is 11.1 Å². The van der Waals surface area contributed by atoms with E-state index < -0.39 is 0 Å². The number of thioether (sulfide) groups is 1. The smallest absolute Gasteiger partial charge is 0.268 e. The predicted octanol–water partition coefficient (Wildman–Crippen LogP) is 4.05. The van der Waals surface area contributed by atoms with Crippen molar-refractivity contribution in [2.75, 3.05) is 20.0 Å². The minimum Gasteiger partial charge on any atom is -0.493 e. The fourth-order valence-electron chi connectivity index (χ4n) is 3.10. The summed E-state index contributed by atoms with van der Waals surface area (Å²) >= 11 is 1.39. The van der Waals surface area contributed by atoms with Gasteiger partial charge in [-0.15, -0.1) is 11.8 Å². The van der Waals surface area contributed by atoms with Crippen LogP contribution in [-0.4, -0.2) is 36.7 Å². The highest BCUT2D eigenvalue weighted by Crippen LogP contribution is 2.39. The Balaban J connectivity index is 1.99. The van der Waals surface area contributed by atoms with Crippen molar-refractivity contribution < 1.29 is 19.1 Å². The quantitative estimate of drug-likeness (QED) is 0.660. The summed E-state index contributed by atoms with van der Waals surface area (Å²) in [4.78, 5) is 28.0. The Morgan fingerprint density at radius 3 is 2.21 bits per heavy atom. The van der Waals surface area contributed by atoms with E-state index in [9.17, 15) is 9.59 Å².